The highest BCUT2D eigenvalue weighted by molar-refractivity contribution is 7.94. The fourth-order valence-corrected chi connectivity index (χ4v) is 1.24. The van der Waals surface area contributed by atoms with Crippen LogP contribution in [0.1, 0.15) is 0 Å². The van der Waals surface area contributed by atoms with Gasteiger partial charge in [-0.25, -0.2) is 4.98 Å². The molecule has 2 rings (SSSR count). The predicted octanol–water partition coefficient (Wildman–Crippen LogP) is 2.54. The van der Waals surface area contributed by atoms with Gasteiger partial charge in [0.1, 0.15) is 0 Å². The van der Waals surface area contributed by atoms with Crippen LogP contribution in [-0.2, 0) is 0 Å². The van der Waals surface area contributed by atoms with Crippen molar-refractivity contribution in [3.05, 3.63) is 24.5 Å². The van der Waals surface area contributed by atoms with E-state index in [9.17, 15) is 3.89 Å². The minimum atomic E-state index is 0.233. The first-order valence-electron chi connectivity index (χ1n) is 3.12. The third kappa shape index (κ3) is 1.09. The molecule has 0 aliphatic rings. The molecule has 1 aromatic carbocycles. The molecule has 0 bridgehead atoms. The molecular formula is C7H5FN2S. The fourth-order valence-electron chi connectivity index (χ4n) is 0.960. The average molecular weight is 168 g/mol. The van der Waals surface area contributed by atoms with Crippen LogP contribution in [0.25, 0.3) is 11.0 Å². The Bertz CT molecular complexity index is 371. The molecule has 0 fully saturated rings. The lowest BCUT2D eigenvalue weighted by molar-refractivity contribution is 0.934. The zero-order valence-corrected chi connectivity index (χ0v) is 6.36. The Morgan fingerprint density at radius 2 is 2.36 bits per heavy atom. The van der Waals surface area contributed by atoms with Crippen molar-refractivity contribution in [3.63, 3.8) is 0 Å². The maximum Gasteiger partial charge on any atom is 0.0931 e. The van der Waals surface area contributed by atoms with E-state index in [0.717, 1.165) is 11.0 Å². The number of hydrogen-bond acceptors (Lipinski definition) is 2. The van der Waals surface area contributed by atoms with Crippen molar-refractivity contribution in [2.24, 2.45) is 0 Å². The van der Waals surface area contributed by atoms with Gasteiger partial charge in [-0.3, -0.25) is 0 Å². The highest BCUT2D eigenvalue weighted by Gasteiger charge is 1.97. The summed E-state index contributed by atoms with van der Waals surface area (Å²) in [6.45, 7) is 0. The molecule has 0 radical (unpaired) electrons. The smallest absolute Gasteiger partial charge is 0.0931 e. The van der Waals surface area contributed by atoms with E-state index in [2.05, 4.69) is 9.97 Å². The summed E-state index contributed by atoms with van der Waals surface area (Å²) >= 11 is 0.233. The number of H-pyrrole nitrogens is 1. The molecule has 1 aromatic heterocycles. The molecule has 0 unspecified atom stereocenters. The maximum atomic E-state index is 12.0. The molecule has 0 saturated heterocycles. The van der Waals surface area contributed by atoms with Crippen molar-refractivity contribution in [1.29, 1.82) is 0 Å². The van der Waals surface area contributed by atoms with Gasteiger partial charge in [0.05, 0.1) is 29.5 Å². The number of imidazole rings is 1. The van der Waals surface area contributed by atoms with Crippen molar-refractivity contribution in [2.75, 3.05) is 0 Å². The lowest BCUT2D eigenvalue weighted by Gasteiger charge is -1.90. The number of rotatable bonds is 1. The summed E-state index contributed by atoms with van der Waals surface area (Å²) < 4.78 is 12.0. The minimum Gasteiger partial charge on any atom is -0.345 e. The molecule has 1 heterocycles. The SMILES string of the molecule is FSc1ccc2[nH]cnc2c1. The van der Waals surface area contributed by atoms with Gasteiger partial charge < -0.3 is 4.98 Å². The number of nitrogens with zero attached hydrogens (tertiary/aromatic N) is 1. The van der Waals surface area contributed by atoms with Gasteiger partial charge in [0, 0.05) is 4.90 Å². The number of fused-ring (bicyclic) bond motifs is 1. The first-order valence-corrected chi connectivity index (χ1v) is 3.83. The van der Waals surface area contributed by atoms with Gasteiger partial charge in [-0.05, 0) is 18.2 Å². The van der Waals surface area contributed by atoms with Gasteiger partial charge in [-0.1, -0.05) is 0 Å². The van der Waals surface area contributed by atoms with Crippen LogP contribution < -0.4 is 0 Å². The monoisotopic (exact) mass is 168 g/mol. The van der Waals surface area contributed by atoms with Crippen LogP contribution in [-0.4, -0.2) is 9.97 Å². The molecule has 0 amide bonds. The highest BCUT2D eigenvalue weighted by Crippen LogP contribution is 2.21. The summed E-state index contributed by atoms with van der Waals surface area (Å²) in [7, 11) is 0. The van der Waals surface area contributed by atoms with Crippen LogP contribution in [0.5, 0.6) is 0 Å². The van der Waals surface area contributed by atoms with E-state index in [-0.39, 0.29) is 12.1 Å². The van der Waals surface area contributed by atoms with Crippen LogP contribution >= 0.6 is 12.1 Å². The molecule has 0 aliphatic carbocycles. The summed E-state index contributed by atoms with van der Waals surface area (Å²) in [6, 6.07) is 5.23. The van der Waals surface area contributed by atoms with Crippen LogP contribution in [0.4, 0.5) is 3.89 Å². The zero-order chi connectivity index (χ0) is 7.68. The van der Waals surface area contributed by atoms with Crippen LogP contribution in [0.2, 0.25) is 0 Å². The molecule has 2 nitrogen and oxygen atoms in total. The third-order valence-corrected chi connectivity index (χ3v) is 1.91. The number of nitrogens with one attached hydrogen (secondary N) is 1. The normalized spacial score (nSPS) is 10.6. The second kappa shape index (κ2) is 2.54. The van der Waals surface area contributed by atoms with E-state index in [1.807, 2.05) is 6.07 Å². The summed E-state index contributed by atoms with van der Waals surface area (Å²) in [4.78, 5) is 7.51. The Hall–Kier alpha value is -1.03. The minimum absolute atomic E-state index is 0.233. The quantitative estimate of drug-likeness (QED) is 0.708. The van der Waals surface area contributed by atoms with Crippen LogP contribution in [0.15, 0.2) is 29.4 Å². The molecular weight excluding hydrogens is 163 g/mol. The zero-order valence-electron chi connectivity index (χ0n) is 5.54. The van der Waals surface area contributed by atoms with Gasteiger partial charge in [0.2, 0.25) is 0 Å². The summed E-state index contributed by atoms with van der Waals surface area (Å²) in [6.07, 6.45) is 1.59. The van der Waals surface area contributed by atoms with E-state index in [1.54, 1.807) is 18.5 Å². The fraction of sp³-hybridized carbons (Fsp3) is 0. The topological polar surface area (TPSA) is 28.7 Å². The predicted molar refractivity (Wildman–Crippen MR) is 43.1 cm³/mol. The number of aromatic nitrogens is 2. The molecule has 1 N–H and O–H groups in total. The maximum absolute atomic E-state index is 12.0. The number of halogens is 1. The molecule has 56 valence electrons. The Labute approximate surface area is 67.1 Å². The highest BCUT2D eigenvalue weighted by atomic mass is 32.2. The number of hydrogen-bond donors (Lipinski definition) is 1. The number of aromatic amines is 1. The Morgan fingerprint density at radius 3 is 3.18 bits per heavy atom. The Balaban J connectivity index is 2.67. The van der Waals surface area contributed by atoms with E-state index in [1.165, 1.54) is 0 Å². The summed E-state index contributed by atoms with van der Waals surface area (Å²) in [5, 5.41) is 0. The van der Waals surface area contributed by atoms with Crippen LogP contribution in [0, 0.1) is 0 Å². The molecule has 0 atom stereocenters. The third-order valence-electron chi connectivity index (χ3n) is 1.48. The largest absolute Gasteiger partial charge is 0.345 e. The van der Waals surface area contributed by atoms with E-state index < -0.39 is 0 Å². The van der Waals surface area contributed by atoms with Crippen molar-refractivity contribution in [2.45, 2.75) is 4.90 Å². The Morgan fingerprint density at radius 1 is 1.45 bits per heavy atom. The Kier molecular flexibility index (Phi) is 1.54. The van der Waals surface area contributed by atoms with E-state index in [4.69, 9.17) is 0 Å². The second-order valence-electron chi connectivity index (χ2n) is 2.16. The second-order valence-corrected chi connectivity index (χ2v) is 2.78. The first-order chi connectivity index (χ1) is 5.40. The molecule has 0 aliphatic heterocycles. The van der Waals surface area contributed by atoms with Gasteiger partial charge in [-0.15, -0.1) is 0 Å². The van der Waals surface area contributed by atoms with Gasteiger partial charge in [0.25, 0.3) is 0 Å². The summed E-state index contributed by atoms with van der Waals surface area (Å²) in [5.74, 6) is 0. The molecule has 2 aromatic rings. The molecule has 4 heteroatoms. The van der Waals surface area contributed by atoms with Gasteiger partial charge in [-0.2, -0.15) is 3.89 Å². The average Bonchev–Trinajstić information content (AvgIpc) is 2.50. The lowest BCUT2D eigenvalue weighted by Crippen LogP contribution is -1.69. The number of benzene rings is 1. The van der Waals surface area contributed by atoms with E-state index >= 15 is 0 Å². The molecule has 11 heavy (non-hydrogen) atoms. The molecule has 0 saturated carbocycles. The lowest BCUT2D eigenvalue weighted by atomic mass is 10.3. The van der Waals surface area contributed by atoms with Crippen molar-refractivity contribution < 1.29 is 3.89 Å². The van der Waals surface area contributed by atoms with Crippen molar-refractivity contribution >= 4 is 23.2 Å². The van der Waals surface area contributed by atoms with Gasteiger partial charge >= 0.3 is 0 Å². The standard InChI is InChI=1S/C7H5FN2S/c8-11-5-1-2-6-7(3-5)10-4-9-6/h1-4H,(H,9,10). The van der Waals surface area contributed by atoms with E-state index in [0.29, 0.717) is 4.90 Å². The summed E-state index contributed by atoms with van der Waals surface area (Å²) in [5.41, 5.74) is 1.73. The van der Waals surface area contributed by atoms with Crippen molar-refractivity contribution in [3.8, 4) is 0 Å². The van der Waals surface area contributed by atoms with Crippen LogP contribution in [0.3, 0.4) is 0 Å². The molecule has 0 spiro atoms. The van der Waals surface area contributed by atoms with Gasteiger partial charge in [0.15, 0.2) is 0 Å². The first kappa shape index (κ1) is 6.67. The van der Waals surface area contributed by atoms with Crippen molar-refractivity contribution in [1.82, 2.24) is 9.97 Å².